The summed E-state index contributed by atoms with van der Waals surface area (Å²) in [6.07, 6.45) is 1.93. The molecular formula is C19H25F2N5O. The van der Waals surface area contributed by atoms with E-state index in [4.69, 9.17) is 5.73 Å². The number of fused-ring (bicyclic) bond motifs is 1. The molecule has 0 spiro atoms. The predicted molar refractivity (Wildman–Crippen MR) is 96.6 cm³/mol. The number of aromatic nitrogens is 2. The van der Waals surface area contributed by atoms with Crippen molar-refractivity contribution in [2.24, 2.45) is 5.73 Å². The van der Waals surface area contributed by atoms with Crippen molar-refractivity contribution in [3.05, 3.63) is 52.9 Å². The van der Waals surface area contributed by atoms with E-state index in [1.54, 1.807) is 6.92 Å². The van der Waals surface area contributed by atoms with Crippen LogP contribution in [-0.4, -0.2) is 56.4 Å². The highest BCUT2D eigenvalue weighted by Crippen LogP contribution is 2.36. The van der Waals surface area contributed by atoms with Crippen LogP contribution in [0.4, 0.5) is 8.78 Å². The summed E-state index contributed by atoms with van der Waals surface area (Å²) in [5, 5.41) is 17.0. The molecule has 0 bridgehead atoms. The van der Waals surface area contributed by atoms with E-state index >= 15 is 0 Å². The van der Waals surface area contributed by atoms with Gasteiger partial charge in [-0.05, 0) is 31.5 Å². The van der Waals surface area contributed by atoms with Crippen LogP contribution >= 0.6 is 0 Å². The Kier molecular flexibility index (Phi) is 4.98. The number of hydrogen-bond donors (Lipinski definition) is 3. The molecule has 4 atom stereocenters. The number of likely N-dealkylation sites (tertiary alicyclic amines) is 1. The van der Waals surface area contributed by atoms with Gasteiger partial charge in [0.15, 0.2) is 0 Å². The maximum atomic E-state index is 14.4. The Morgan fingerprint density at radius 3 is 2.93 bits per heavy atom. The maximum Gasteiger partial charge on any atom is 0.128 e. The molecule has 1 saturated heterocycles. The van der Waals surface area contributed by atoms with Crippen LogP contribution in [0.5, 0.6) is 0 Å². The molecule has 0 saturated carbocycles. The molecule has 2 aliphatic heterocycles. The molecule has 6 nitrogen and oxygen atoms in total. The Balaban J connectivity index is 1.58. The predicted octanol–water partition coefficient (Wildman–Crippen LogP) is 1.53. The van der Waals surface area contributed by atoms with Gasteiger partial charge in [-0.25, -0.2) is 8.78 Å². The minimum absolute atomic E-state index is 0.174. The molecular weight excluding hydrogens is 352 g/mol. The van der Waals surface area contributed by atoms with Crippen molar-refractivity contribution in [3.63, 3.8) is 0 Å². The van der Waals surface area contributed by atoms with Crippen molar-refractivity contribution < 1.29 is 13.9 Å². The quantitative estimate of drug-likeness (QED) is 0.753. The average molecular weight is 377 g/mol. The first kappa shape index (κ1) is 18.5. The zero-order valence-corrected chi connectivity index (χ0v) is 15.3. The summed E-state index contributed by atoms with van der Waals surface area (Å²) < 4.78 is 28.2. The van der Waals surface area contributed by atoms with Crippen molar-refractivity contribution in [1.82, 2.24) is 20.0 Å². The minimum Gasteiger partial charge on any atom is -0.392 e. The number of aliphatic hydroxyl groups excluding tert-OH is 1. The van der Waals surface area contributed by atoms with Crippen LogP contribution in [-0.2, 0) is 13.1 Å². The zero-order chi connectivity index (χ0) is 19.1. The van der Waals surface area contributed by atoms with Crippen molar-refractivity contribution in [3.8, 4) is 0 Å². The van der Waals surface area contributed by atoms with E-state index in [1.165, 1.54) is 11.6 Å². The van der Waals surface area contributed by atoms with Gasteiger partial charge >= 0.3 is 0 Å². The second kappa shape index (κ2) is 7.27. The third-order valence-electron chi connectivity index (χ3n) is 5.62. The Morgan fingerprint density at radius 1 is 1.37 bits per heavy atom. The fraction of sp³-hybridized carbons (Fsp3) is 0.526. The van der Waals surface area contributed by atoms with Gasteiger partial charge in [0.05, 0.1) is 24.0 Å². The van der Waals surface area contributed by atoms with Crippen LogP contribution in [0.3, 0.4) is 0 Å². The van der Waals surface area contributed by atoms with Gasteiger partial charge in [0, 0.05) is 49.4 Å². The molecule has 8 heteroatoms. The fourth-order valence-corrected chi connectivity index (χ4v) is 4.48. The fourth-order valence-electron chi connectivity index (χ4n) is 4.48. The van der Waals surface area contributed by atoms with E-state index < -0.39 is 23.8 Å². The number of nitrogens with zero attached hydrogens (tertiary/aromatic N) is 3. The van der Waals surface area contributed by atoms with Gasteiger partial charge in [0.2, 0.25) is 0 Å². The number of piperidine rings is 1. The SMILES string of the molecule is C[C@H](O)CN1C[C@H](N2Cc3cn[nH]c3C2)C[C@H](N)[C@H]1c1cc(F)ccc1F. The van der Waals surface area contributed by atoms with E-state index in [1.807, 2.05) is 11.1 Å². The highest BCUT2D eigenvalue weighted by molar-refractivity contribution is 5.26. The number of nitrogens with two attached hydrogens (primary N) is 1. The average Bonchev–Trinajstić information content (AvgIpc) is 3.18. The van der Waals surface area contributed by atoms with Crippen LogP contribution in [0, 0.1) is 11.6 Å². The van der Waals surface area contributed by atoms with E-state index in [2.05, 4.69) is 15.1 Å². The molecule has 2 aromatic rings. The van der Waals surface area contributed by atoms with Gasteiger partial charge < -0.3 is 10.8 Å². The summed E-state index contributed by atoms with van der Waals surface area (Å²) in [6, 6.07) is 2.82. The first-order valence-corrected chi connectivity index (χ1v) is 9.30. The van der Waals surface area contributed by atoms with Crippen LogP contribution in [0.25, 0.3) is 0 Å². The molecule has 0 radical (unpaired) electrons. The molecule has 1 fully saturated rings. The molecule has 1 aromatic heterocycles. The number of benzene rings is 1. The number of aliphatic hydroxyl groups is 1. The number of β-amino-alcohol motifs (C(OH)–C–C–N with tert-alkyl or cyclic N) is 1. The summed E-state index contributed by atoms with van der Waals surface area (Å²) in [6.45, 7) is 4.25. The Morgan fingerprint density at radius 2 is 2.19 bits per heavy atom. The lowest BCUT2D eigenvalue weighted by atomic mass is 9.87. The molecule has 27 heavy (non-hydrogen) atoms. The van der Waals surface area contributed by atoms with E-state index in [0.717, 1.165) is 30.9 Å². The van der Waals surface area contributed by atoms with E-state index in [0.29, 0.717) is 19.5 Å². The van der Waals surface area contributed by atoms with Gasteiger partial charge in [0.25, 0.3) is 0 Å². The van der Waals surface area contributed by atoms with Crippen LogP contribution in [0.2, 0.25) is 0 Å². The molecule has 4 rings (SSSR count). The smallest absolute Gasteiger partial charge is 0.128 e. The van der Waals surface area contributed by atoms with Crippen molar-refractivity contribution in [2.45, 2.75) is 50.7 Å². The van der Waals surface area contributed by atoms with Crippen LogP contribution < -0.4 is 5.73 Å². The molecule has 3 heterocycles. The van der Waals surface area contributed by atoms with Crippen molar-refractivity contribution >= 4 is 0 Å². The van der Waals surface area contributed by atoms with Crippen molar-refractivity contribution in [1.29, 1.82) is 0 Å². The zero-order valence-electron chi connectivity index (χ0n) is 15.3. The lowest BCUT2D eigenvalue weighted by Gasteiger charge is -2.46. The monoisotopic (exact) mass is 377 g/mol. The van der Waals surface area contributed by atoms with Crippen LogP contribution in [0.15, 0.2) is 24.4 Å². The summed E-state index contributed by atoms with van der Waals surface area (Å²) in [7, 11) is 0. The highest BCUT2D eigenvalue weighted by atomic mass is 19.1. The minimum atomic E-state index is -0.592. The summed E-state index contributed by atoms with van der Waals surface area (Å²) in [4.78, 5) is 4.32. The number of hydrogen-bond acceptors (Lipinski definition) is 5. The van der Waals surface area contributed by atoms with Gasteiger partial charge in [-0.15, -0.1) is 0 Å². The lowest BCUT2D eigenvalue weighted by Crippen LogP contribution is -2.56. The molecule has 4 N–H and O–H groups in total. The number of nitrogens with one attached hydrogen (secondary N) is 1. The molecule has 0 aliphatic carbocycles. The third-order valence-corrected chi connectivity index (χ3v) is 5.62. The second-order valence-electron chi connectivity index (χ2n) is 7.75. The number of rotatable bonds is 4. The first-order valence-electron chi connectivity index (χ1n) is 9.30. The molecule has 0 amide bonds. The standard InChI is InChI=1S/C19H25F2N5O/c1-11(27)7-26-9-14(25-8-12-6-23-24-18(12)10-25)5-17(22)19(26)15-4-13(20)2-3-16(15)21/h2-4,6,11,14,17,19,27H,5,7-10,22H2,1H3,(H,23,24)/t11-,14+,17-,19+/m0/s1. The Hall–Kier alpha value is -1.87. The first-order chi connectivity index (χ1) is 12.9. The molecule has 146 valence electrons. The van der Waals surface area contributed by atoms with Crippen molar-refractivity contribution in [2.75, 3.05) is 13.1 Å². The lowest BCUT2D eigenvalue weighted by molar-refractivity contribution is 0.0150. The largest absolute Gasteiger partial charge is 0.392 e. The number of halogens is 2. The maximum absolute atomic E-state index is 14.4. The molecule has 0 unspecified atom stereocenters. The second-order valence-corrected chi connectivity index (χ2v) is 7.75. The van der Waals surface area contributed by atoms with Gasteiger partial charge in [-0.2, -0.15) is 5.10 Å². The third kappa shape index (κ3) is 3.62. The van der Waals surface area contributed by atoms with Gasteiger partial charge in [-0.1, -0.05) is 0 Å². The number of H-pyrrole nitrogens is 1. The highest BCUT2D eigenvalue weighted by Gasteiger charge is 2.40. The normalized spacial score (nSPS) is 27.7. The summed E-state index contributed by atoms with van der Waals surface area (Å²) in [5.74, 6) is -0.948. The van der Waals surface area contributed by atoms with Crippen LogP contribution in [0.1, 0.15) is 36.2 Å². The van der Waals surface area contributed by atoms with Gasteiger partial charge in [0.1, 0.15) is 11.6 Å². The molecule has 1 aromatic carbocycles. The topological polar surface area (TPSA) is 81.4 Å². The van der Waals surface area contributed by atoms with E-state index in [-0.39, 0.29) is 17.6 Å². The Labute approximate surface area is 157 Å². The van der Waals surface area contributed by atoms with Gasteiger partial charge in [-0.3, -0.25) is 14.9 Å². The summed E-state index contributed by atoms with van der Waals surface area (Å²) in [5.41, 5.74) is 9.04. The molecule has 2 aliphatic rings. The Bertz CT molecular complexity index is 791. The number of aromatic amines is 1. The van der Waals surface area contributed by atoms with E-state index in [9.17, 15) is 13.9 Å². The summed E-state index contributed by atoms with van der Waals surface area (Å²) >= 11 is 0.